The van der Waals surface area contributed by atoms with E-state index in [1.807, 2.05) is 36.7 Å². The zero-order valence-corrected chi connectivity index (χ0v) is 10.4. The van der Waals surface area contributed by atoms with Gasteiger partial charge in [-0.05, 0) is 12.1 Å². The summed E-state index contributed by atoms with van der Waals surface area (Å²) < 4.78 is 0. The average molecular weight is 256 g/mol. The number of hydrogen-bond donors (Lipinski definition) is 1. The van der Waals surface area contributed by atoms with Gasteiger partial charge in [0.2, 0.25) is 0 Å². The quantitative estimate of drug-likeness (QED) is 0.871. The molecule has 1 aliphatic rings. The molecule has 1 fully saturated rings. The summed E-state index contributed by atoms with van der Waals surface area (Å²) in [4.78, 5) is 29.3. The van der Waals surface area contributed by atoms with Gasteiger partial charge in [-0.2, -0.15) is 0 Å². The van der Waals surface area contributed by atoms with Crippen molar-refractivity contribution in [3.63, 3.8) is 0 Å². The van der Waals surface area contributed by atoms with Gasteiger partial charge in [0, 0.05) is 37.1 Å². The van der Waals surface area contributed by atoms with Crippen LogP contribution in [0.4, 0.5) is 0 Å². The number of nitrogens with zero attached hydrogens (tertiary/aromatic N) is 2. The van der Waals surface area contributed by atoms with Crippen LogP contribution in [0.1, 0.15) is 10.5 Å². The summed E-state index contributed by atoms with van der Waals surface area (Å²) in [5, 5.41) is 1.03. The molecule has 2 aromatic rings. The lowest BCUT2D eigenvalue weighted by molar-refractivity contribution is 0.0685. The van der Waals surface area contributed by atoms with E-state index >= 15 is 0 Å². The molecule has 0 spiro atoms. The van der Waals surface area contributed by atoms with Gasteiger partial charge in [-0.15, -0.1) is 0 Å². The van der Waals surface area contributed by atoms with Crippen molar-refractivity contribution >= 4 is 23.2 Å². The van der Waals surface area contributed by atoms with Crippen LogP contribution in [0.25, 0.3) is 10.9 Å². The number of nitrogens with one attached hydrogen (secondary N) is 1. The van der Waals surface area contributed by atoms with Crippen LogP contribution >= 0.6 is 0 Å². The molecule has 2 amide bonds. The van der Waals surface area contributed by atoms with E-state index in [0.29, 0.717) is 31.9 Å². The topological polar surface area (TPSA) is 56.4 Å². The van der Waals surface area contributed by atoms with Crippen molar-refractivity contribution in [3.05, 3.63) is 36.0 Å². The first-order chi connectivity index (χ1) is 9.28. The fraction of sp³-hybridized carbons (Fsp3) is 0.286. The minimum absolute atomic E-state index is 0.0123. The number of amides is 2. The highest BCUT2D eigenvalue weighted by molar-refractivity contribution is 5.98. The van der Waals surface area contributed by atoms with Crippen LogP contribution < -0.4 is 0 Å². The number of aromatic nitrogens is 1. The molecule has 0 atom stereocenters. The maximum atomic E-state index is 12.3. The summed E-state index contributed by atoms with van der Waals surface area (Å²) in [5.41, 5.74) is 1.57. The number of benzene rings is 1. The van der Waals surface area contributed by atoms with Crippen LogP contribution in [-0.4, -0.2) is 53.3 Å². The Morgan fingerprint density at radius 1 is 1.16 bits per heavy atom. The van der Waals surface area contributed by atoms with Crippen LogP contribution in [0.15, 0.2) is 30.3 Å². The van der Waals surface area contributed by atoms with Crippen molar-refractivity contribution in [3.8, 4) is 0 Å². The Hall–Kier alpha value is -2.30. The Morgan fingerprint density at radius 3 is 2.58 bits per heavy atom. The maximum absolute atomic E-state index is 12.3. The third-order valence-electron chi connectivity index (χ3n) is 3.46. The second kappa shape index (κ2) is 4.76. The fourth-order valence-corrected chi connectivity index (χ4v) is 2.36. The molecule has 3 rings (SSSR count). The van der Waals surface area contributed by atoms with E-state index in [-0.39, 0.29) is 5.91 Å². The van der Waals surface area contributed by atoms with E-state index in [2.05, 4.69) is 4.98 Å². The number of aromatic amines is 1. The lowest BCUT2D eigenvalue weighted by atomic mass is 10.2. The zero-order valence-electron chi connectivity index (χ0n) is 10.4. The number of fused-ring (bicyclic) bond motifs is 1. The maximum Gasteiger partial charge on any atom is 0.312 e. The zero-order chi connectivity index (χ0) is 13.2. The van der Waals surface area contributed by atoms with Crippen molar-refractivity contribution in [1.82, 2.24) is 14.8 Å². The van der Waals surface area contributed by atoms with E-state index in [1.54, 1.807) is 9.80 Å². The summed E-state index contributed by atoms with van der Waals surface area (Å²) in [7, 11) is 0. The molecule has 0 bridgehead atoms. The summed E-state index contributed by atoms with van der Waals surface area (Å²) in [6.45, 7) is 2.22. The van der Waals surface area contributed by atoms with Crippen molar-refractivity contribution in [2.45, 2.75) is 0 Å². The average Bonchev–Trinajstić information content (AvgIpc) is 2.90. The number of carbonyl (C=O) groups is 1. The van der Waals surface area contributed by atoms with Crippen molar-refractivity contribution in [2.24, 2.45) is 0 Å². The lowest BCUT2D eigenvalue weighted by Gasteiger charge is -2.31. The predicted octanol–water partition coefficient (Wildman–Crippen LogP) is 0.993. The fourth-order valence-electron chi connectivity index (χ4n) is 2.36. The van der Waals surface area contributed by atoms with Gasteiger partial charge in [0.1, 0.15) is 5.69 Å². The van der Waals surface area contributed by atoms with Gasteiger partial charge in [-0.3, -0.25) is 9.59 Å². The minimum Gasteiger partial charge on any atom is -0.351 e. The van der Waals surface area contributed by atoms with Crippen molar-refractivity contribution < 1.29 is 9.59 Å². The Balaban J connectivity index is 1.78. The SMILES string of the molecule is O=[C]N1CCN(C(=O)c2cc3ccccc3[nH]2)CC1. The number of para-hydroxylation sites is 1. The Morgan fingerprint density at radius 2 is 1.89 bits per heavy atom. The molecule has 5 nitrogen and oxygen atoms in total. The van der Waals surface area contributed by atoms with E-state index in [0.717, 1.165) is 10.9 Å². The van der Waals surface area contributed by atoms with Crippen LogP contribution in [-0.2, 0) is 4.79 Å². The first-order valence-corrected chi connectivity index (χ1v) is 6.28. The molecular formula is C14H14N3O2. The highest BCUT2D eigenvalue weighted by atomic mass is 16.2. The molecule has 1 radical (unpaired) electrons. The van der Waals surface area contributed by atoms with Gasteiger partial charge in [0.05, 0.1) is 0 Å². The first-order valence-electron chi connectivity index (χ1n) is 6.28. The second-order valence-corrected chi connectivity index (χ2v) is 4.64. The summed E-state index contributed by atoms with van der Waals surface area (Å²) in [5.74, 6) is -0.0123. The van der Waals surface area contributed by atoms with Gasteiger partial charge in [-0.1, -0.05) is 18.2 Å². The van der Waals surface area contributed by atoms with Crippen molar-refractivity contribution in [2.75, 3.05) is 26.2 Å². The predicted molar refractivity (Wildman–Crippen MR) is 71.5 cm³/mol. The molecule has 1 aromatic heterocycles. The van der Waals surface area contributed by atoms with Crippen LogP contribution in [0, 0.1) is 0 Å². The molecule has 5 heteroatoms. The lowest BCUT2D eigenvalue weighted by Crippen LogP contribution is -2.48. The number of piperazine rings is 1. The number of hydrogen-bond acceptors (Lipinski definition) is 2. The molecule has 0 aliphatic carbocycles. The van der Waals surface area contributed by atoms with Crippen molar-refractivity contribution in [1.29, 1.82) is 0 Å². The Kier molecular flexibility index (Phi) is 2.95. The number of rotatable bonds is 2. The van der Waals surface area contributed by atoms with Crippen LogP contribution in [0.2, 0.25) is 0 Å². The van der Waals surface area contributed by atoms with Gasteiger partial charge in [0.25, 0.3) is 5.91 Å². The van der Waals surface area contributed by atoms with Crippen LogP contribution in [0.3, 0.4) is 0 Å². The Labute approximate surface area is 110 Å². The first kappa shape index (κ1) is 11.8. The van der Waals surface area contributed by atoms with E-state index in [1.165, 1.54) is 0 Å². The minimum atomic E-state index is -0.0123. The van der Waals surface area contributed by atoms with Crippen LogP contribution in [0.5, 0.6) is 0 Å². The molecular weight excluding hydrogens is 242 g/mol. The third-order valence-corrected chi connectivity index (χ3v) is 3.46. The van der Waals surface area contributed by atoms with Gasteiger partial charge in [0.15, 0.2) is 0 Å². The highest BCUT2D eigenvalue weighted by Crippen LogP contribution is 2.16. The van der Waals surface area contributed by atoms with Gasteiger partial charge < -0.3 is 14.8 Å². The normalized spacial score (nSPS) is 15.8. The monoisotopic (exact) mass is 256 g/mol. The summed E-state index contributed by atoms with van der Waals surface area (Å²) in [6.07, 6.45) is 1.86. The molecule has 0 saturated carbocycles. The van der Waals surface area contributed by atoms with Gasteiger partial charge in [-0.25, -0.2) is 0 Å². The number of H-pyrrole nitrogens is 1. The van der Waals surface area contributed by atoms with E-state index in [9.17, 15) is 9.59 Å². The molecule has 2 heterocycles. The second-order valence-electron chi connectivity index (χ2n) is 4.64. The Bertz CT molecular complexity index is 579. The molecule has 0 unspecified atom stereocenters. The largest absolute Gasteiger partial charge is 0.351 e. The van der Waals surface area contributed by atoms with E-state index in [4.69, 9.17) is 0 Å². The molecule has 97 valence electrons. The summed E-state index contributed by atoms with van der Waals surface area (Å²) >= 11 is 0. The standard InChI is InChI=1S/C14H14N3O2/c18-10-16-5-7-17(8-6-16)14(19)13-9-11-3-1-2-4-12(11)15-13/h1-4,9,15H,5-8H2. The molecule has 19 heavy (non-hydrogen) atoms. The third kappa shape index (κ3) is 2.19. The van der Waals surface area contributed by atoms with E-state index < -0.39 is 0 Å². The molecule has 1 aliphatic heterocycles. The molecule has 1 saturated heterocycles. The van der Waals surface area contributed by atoms with Gasteiger partial charge >= 0.3 is 6.41 Å². The number of carbonyl (C=O) groups excluding carboxylic acids is 2. The molecule has 1 aromatic carbocycles. The summed E-state index contributed by atoms with van der Waals surface area (Å²) in [6, 6.07) is 9.68. The smallest absolute Gasteiger partial charge is 0.312 e. The highest BCUT2D eigenvalue weighted by Gasteiger charge is 2.22. The molecule has 1 N–H and O–H groups in total.